The maximum Gasteiger partial charge on any atom is 0.233 e. The quantitative estimate of drug-likeness (QED) is 0.485. The number of ether oxygens (including phenoxy) is 1. The molecule has 1 aromatic carbocycles. The minimum absolute atomic E-state index is 0.226. The number of carbonyl (C=O) groups excluding carboxylic acids is 1. The Kier molecular flexibility index (Phi) is 6.77. The summed E-state index contributed by atoms with van der Waals surface area (Å²) in [5.74, 6) is 2.79. The van der Waals surface area contributed by atoms with Crippen LogP contribution in [0.15, 0.2) is 42.1 Å². The summed E-state index contributed by atoms with van der Waals surface area (Å²) in [6.07, 6.45) is 9.22. The van der Waals surface area contributed by atoms with Gasteiger partial charge >= 0.3 is 0 Å². The molecule has 0 radical (unpaired) electrons. The highest BCUT2D eigenvalue weighted by Crippen LogP contribution is 2.36. The highest BCUT2D eigenvalue weighted by Gasteiger charge is 2.35. The Morgan fingerprint density at radius 1 is 1.23 bits per heavy atom. The van der Waals surface area contributed by atoms with Gasteiger partial charge in [0.2, 0.25) is 5.91 Å². The minimum atomic E-state index is 0.226. The van der Waals surface area contributed by atoms with E-state index >= 15 is 0 Å². The van der Waals surface area contributed by atoms with Gasteiger partial charge in [-0.25, -0.2) is 0 Å². The van der Waals surface area contributed by atoms with Gasteiger partial charge in [0.15, 0.2) is 11.0 Å². The molecule has 1 aliphatic carbocycles. The van der Waals surface area contributed by atoms with Gasteiger partial charge < -0.3 is 9.64 Å². The third-order valence-electron chi connectivity index (χ3n) is 6.26. The Balaban J connectivity index is 1.50. The lowest BCUT2D eigenvalue weighted by molar-refractivity contribution is -0.134. The van der Waals surface area contributed by atoms with Crippen LogP contribution in [0.2, 0.25) is 0 Å². The highest BCUT2D eigenvalue weighted by atomic mass is 32.2. The van der Waals surface area contributed by atoms with Crippen molar-refractivity contribution >= 4 is 17.7 Å². The minimum Gasteiger partial charge on any atom is -0.496 e. The Bertz CT molecular complexity index is 895. The highest BCUT2D eigenvalue weighted by molar-refractivity contribution is 7.99. The van der Waals surface area contributed by atoms with E-state index in [1.54, 1.807) is 7.11 Å². The van der Waals surface area contributed by atoms with Gasteiger partial charge in [-0.2, -0.15) is 0 Å². The molecule has 6 nitrogen and oxygen atoms in total. The smallest absolute Gasteiger partial charge is 0.233 e. The van der Waals surface area contributed by atoms with Crippen molar-refractivity contribution in [2.45, 2.75) is 56.3 Å². The summed E-state index contributed by atoms with van der Waals surface area (Å²) in [5.41, 5.74) is 0.883. The molecule has 7 heteroatoms. The topological polar surface area (TPSA) is 60.2 Å². The second-order valence-corrected chi connectivity index (χ2v) is 8.98. The summed E-state index contributed by atoms with van der Waals surface area (Å²) in [5, 5.41) is 9.53. The summed E-state index contributed by atoms with van der Waals surface area (Å²) >= 11 is 1.47. The van der Waals surface area contributed by atoms with Crippen molar-refractivity contribution in [3.63, 3.8) is 0 Å². The second kappa shape index (κ2) is 9.69. The van der Waals surface area contributed by atoms with Gasteiger partial charge in [0.25, 0.3) is 0 Å². The monoisotopic (exact) mass is 426 g/mol. The van der Waals surface area contributed by atoms with E-state index in [2.05, 4.69) is 21.7 Å². The third-order valence-corrected chi connectivity index (χ3v) is 7.22. The molecule has 30 heavy (non-hydrogen) atoms. The summed E-state index contributed by atoms with van der Waals surface area (Å²) in [7, 11) is 1.65. The Morgan fingerprint density at radius 2 is 2.03 bits per heavy atom. The van der Waals surface area contributed by atoms with Crippen molar-refractivity contribution in [1.82, 2.24) is 19.7 Å². The molecule has 0 spiro atoms. The predicted octanol–water partition coefficient (Wildman–Crippen LogP) is 4.41. The van der Waals surface area contributed by atoms with Crippen LogP contribution in [0.1, 0.15) is 38.5 Å². The van der Waals surface area contributed by atoms with Crippen molar-refractivity contribution < 1.29 is 9.53 Å². The van der Waals surface area contributed by atoms with Crippen molar-refractivity contribution in [2.24, 2.45) is 5.92 Å². The molecule has 0 unspecified atom stereocenters. The number of allylic oxidation sites excluding steroid dienone is 1. The van der Waals surface area contributed by atoms with Crippen LogP contribution in [0, 0.1) is 5.92 Å². The second-order valence-electron chi connectivity index (χ2n) is 8.04. The number of rotatable bonds is 7. The summed E-state index contributed by atoms with van der Waals surface area (Å²) in [6, 6.07) is 8.21. The van der Waals surface area contributed by atoms with E-state index in [1.807, 2.05) is 34.9 Å². The first kappa shape index (κ1) is 21.0. The van der Waals surface area contributed by atoms with Crippen LogP contribution < -0.4 is 4.74 Å². The molecule has 1 aliphatic heterocycles. The summed E-state index contributed by atoms with van der Waals surface area (Å²) in [4.78, 5) is 15.2. The van der Waals surface area contributed by atoms with Gasteiger partial charge in [-0.15, -0.1) is 16.8 Å². The maximum atomic E-state index is 13.1. The number of fused-ring (bicyclic) bond motifs is 1. The van der Waals surface area contributed by atoms with Crippen molar-refractivity contribution in [1.29, 1.82) is 0 Å². The van der Waals surface area contributed by atoms with E-state index in [9.17, 15) is 4.79 Å². The molecule has 2 aliphatic rings. The normalized spacial score (nSPS) is 21.2. The number of para-hydroxylation sites is 1. The SMILES string of the molecule is C=CCn1c(SCC(=O)N2CCC[C@H]3CCCC[C@H]32)nnc1-c1ccccc1OC. The lowest BCUT2D eigenvalue weighted by Crippen LogP contribution is -2.50. The first-order chi connectivity index (χ1) is 14.7. The van der Waals surface area contributed by atoms with Crippen LogP contribution in [0.3, 0.4) is 0 Å². The molecule has 1 amide bonds. The number of amides is 1. The van der Waals surface area contributed by atoms with Gasteiger partial charge in [0.05, 0.1) is 18.4 Å². The molecule has 1 saturated heterocycles. The first-order valence-electron chi connectivity index (χ1n) is 10.8. The number of piperidine rings is 1. The fourth-order valence-corrected chi connectivity index (χ4v) is 5.70. The molecule has 2 fully saturated rings. The average Bonchev–Trinajstić information content (AvgIpc) is 3.19. The van der Waals surface area contributed by atoms with Crippen LogP contribution in [-0.2, 0) is 11.3 Å². The van der Waals surface area contributed by atoms with Gasteiger partial charge in [0, 0.05) is 19.1 Å². The van der Waals surface area contributed by atoms with Gasteiger partial charge in [-0.05, 0) is 43.7 Å². The summed E-state index contributed by atoms with van der Waals surface area (Å²) < 4.78 is 7.50. The average molecular weight is 427 g/mol. The van der Waals surface area contributed by atoms with Crippen LogP contribution in [-0.4, -0.2) is 51.0 Å². The number of carbonyl (C=O) groups is 1. The van der Waals surface area contributed by atoms with Crippen molar-refractivity contribution in [3.8, 4) is 17.1 Å². The fraction of sp³-hybridized carbons (Fsp3) is 0.522. The Morgan fingerprint density at radius 3 is 2.87 bits per heavy atom. The maximum absolute atomic E-state index is 13.1. The van der Waals surface area contributed by atoms with Crippen LogP contribution in [0.25, 0.3) is 11.4 Å². The lowest BCUT2D eigenvalue weighted by Gasteiger charge is -2.44. The molecule has 0 bridgehead atoms. The molecule has 2 atom stereocenters. The van der Waals surface area contributed by atoms with Gasteiger partial charge in [0.1, 0.15) is 5.75 Å². The Labute approximate surface area is 182 Å². The Hall–Kier alpha value is -2.28. The van der Waals surface area contributed by atoms with Crippen LogP contribution in [0.4, 0.5) is 0 Å². The number of thioether (sulfide) groups is 1. The standard InChI is InChI=1S/C23H30N4O2S/c1-3-14-27-22(18-11-5-7-13-20(18)29-2)24-25-23(27)30-16-21(28)26-15-8-10-17-9-4-6-12-19(17)26/h3,5,7,11,13,17,19H,1,4,6,8-10,12,14-16H2,2H3/t17-,19-/m1/s1. The molecule has 2 heterocycles. The van der Waals surface area contributed by atoms with Crippen molar-refractivity contribution in [2.75, 3.05) is 19.4 Å². The molecular weight excluding hydrogens is 396 g/mol. The van der Waals surface area contributed by atoms with E-state index in [4.69, 9.17) is 4.74 Å². The lowest BCUT2D eigenvalue weighted by atomic mass is 9.78. The van der Waals surface area contributed by atoms with Crippen LogP contribution >= 0.6 is 11.8 Å². The first-order valence-corrected chi connectivity index (χ1v) is 11.8. The molecule has 160 valence electrons. The van der Waals surface area contributed by atoms with Crippen LogP contribution in [0.5, 0.6) is 5.75 Å². The van der Waals surface area contributed by atoms with Crippen molar-refractivity contribution in [3.05, 3.63) is 36.9 Å². The number of hydrogen-bond donors (Lipinski definition) is 0. The van der Waals surface area contributed by atoms with E-state index in [1.165, 1.54) is 37.4 Å². The number of likely N-dealkylation sites (tertiary alicyclic amines) is 1. The molecule has 2 aromatic rings. The van der Waals surface area contributed by atoms with E-state index in [0.29, 0.717) is 24.3 Å². The number of benzene rings is 1. The van der Waals surface area contributed by atoms with Gasteiger partial charge in [-0.1, -0.05) is 42.8 Å². The van der Waals surface area contributed by atoms with E-state index in [-0.39, 0.29) is 5.91 Å². The third kappa shape index (κ3) is 4.26. The molecular formula is C23H30N4O2S. The predicted molar refractivity (Wildman–Crippen MR) is 120 cm³/mol. The number of aromatic nitrogens is 3. The zero-order valence-corrected chi connectivity index (χ0v) is 18.4. The number of nitrogens with zero attached hydrogens (tertiary/aromatic N) is 4. The summed E-state index contributed by atoms with van der Waals surface area (Å²) in [6.45, 7) is 5.35. The molecule has 4 rings (SSSR count). The number of methoxy groups -OCH3 is 1. The molecule has 1 aromatic heterocycles. The zero-order chi connectivity index (χ0) is 20.9. The molecule has 1 saturated carbocycles. The van der Waals surface area contributed by atoms with Gasteiger partial charge in [-0.3, -0.25) is 9.36 Å². The largest absolute Gasteiger partial charge is 0.496 e. The molecule has 0 N–H and O–H groups in total. The van der Waals surface area contributed by atoms with E-state index < -0.39 is 0 Å². The number of hydrogen-bond acceptors (Lipinski definition) is 5. The zero-order valence-electron chi connectivity index (χ0n) is 17.6. The fourth-order valence-electron chi connectivity index (χ4n) is 4.86. The van der Waals surface area contributed by atoms with E-state index in [0.717, 1.165) is 41.7 Å².